The molecule has 1 saturated heterocycles. The Morgan fingerprint density at radius 2 is 1.71 bits per heavy atom. The van der Waals surface area contributed by atoms with Crippen molar-refractivity contribution in [1.82, 2.24) is 9.62 Å². The van der Waals surface area contributed by atoms with Crippen molar-refractivity contribution in [3.05, 3.63) is 64.7 Å². The predicted octanol–water partition coefficient (Wildman–Crippen LogP) is 2.82. The third kappa shape index (κ3) is 4.43. The number of carbonyl (C=O) groups excluding carboxylic acids is 1. The normalized spacial score (nSPS) is 16.5. The molecule has 1 atom stereocenters. The van der Waals surface area contributed by atoms with Crippen molar-refractivity contribution in [3.8, 4) is 0 Å². The van der Waals surface area contributed by atoms with E-state index in [0.717, 1.165) is 11.1 Å². The lowest BCUT2D eigenvalue weighted by Gasteiger charge is -2.26. The first-order valence-electron chi connectivity index (χ1n) is 9.35. The van der Waals surface area contributed by atoms with Gasteiger partial charge in [-0.1, -0.05) is 35.9 Å². The van der Waals surface area contributed by atoms with E-state index in [-0.39, 0.29) is 16.8 Å². The Hall–Kier alpha value is -2.22. The van der Waals surface area contributed by atoms with Crippen LogP contribution in [0.1, 0.15) is 40.0 Å². The van der Waals surface area contributed by atoms with Crippen LogP contribution in [0.4, 0.5) is 0 Å². The molecule has 1 N–H and O–H groups in total. The zero-order valence-corrected chi connectivity index (χ0v) is 17.3. The van der Waals surface area contributed by atoms with Crippen LogP contribution in [0.5, 0.6) is 0 Å². The number of sulfonamides is 1. The van der Waals surface area contributed by atoms with Crippen LogP contribution in [0.3, 0.4) is 0 Å². The lowest BCUT2D eigenvalue weighted by atomic mass is 10.1. The molecule has 1 fully saturated rings. The number of nitrogens with one attached hydrogen (secondary N) is 1. The van der Waals surface area contributed by atoms with Gasteiger partial charge in [-0.2, -0.15) is 4.31 Å². The largest absolute Gasteiger partial charge is 0.379 e. The summed E-state index contributed by atoms with van der Waals surface area (Å²) in [5.41, 5.74) is 3.09. The number of carbonyl (C=O) groups is 1. The molecule has 2 aromatic carbocycles. The van der Waals surface area contributed by atoms with Crippen LogP contribution >= 0.6 is 0 Å². The summed E-state index contributed by atoms with van der Waals surface area (Å²) in [6.45, 7) is 7.06. The molecule has 28 heavy (non-hydrogen) atoms. The van der Waals surface area contributed by atoms with Crippen molar-refractivity contribution in [2.75, 3.05) is 26.3 Å². The summed E-state index contributed by atoms with van der Waals surface area (Å²) in [4.78, 5) is 12.9. The maximum atomic E-state index is 13.0. The monoisotopic (exact) mass is 402 g/mol. The van der Waals surface area contributed by atoms with Gasteiger partial charge in [-0.25, -0.2) is 8.42 Å². The molecule has 1 aliphatic rings. The molecular formula is C21H26N2O4S. The Labute approximate surface area is 166 Å². The van der Waals surface area contributed by atoms with Gasteiger partial charge in [0.15, 0.2) is 0 Å². The van der Waals surface area contributed by atoms with E-state index in [1.165, 1.54) is 10.4 Å². The average molecular weight is 403 g/mol. The molecule has 1 aliphatic heterocycles. The van der Waals surface area contributed by atoms with Crippen molar-refractivity contribution in [2.24, 2.45) is 0 Å². The highest BCUT2D eigenvalue weighted by atomic mass is 32.2. The summed E-state index contributed by atoms with van der Waals surface area (Å²) in [5.74, 6) is -0.300. The van der Waals surface area contributed by atoms with E-state index in [0.29, 0.717) is 37.4 Å². The van der Waals surface area contributed by atoms with Crippen LogP contribution in [0, 0.1) is 13.8 Å². The first-order valence-corrected chi connectivity index (χ1v) is 10.8. The molecule has 0 unspecified atom stereocenters. The molecule has 0 bridgehead atoms. The summed E-state index contributed by atoms with van der Waals surface area (Å²) in [5, 5.41) is 2.94. The number of amides is 1. The van der Waals surface area contributed by atoms with Crippen LogP contribution in [0.15, 0.2) is 47.4 Å². The lowest BCUT2D eigenvalue weighted by Crippen LogP contribution is -2.41. The molecule has 7 heteroatoms. The quantitative estimate of drug-likeness (QED) is 0.834. The standard InChI is InChI=1S/C21H26N2O4S/c1-15-4-7-18(8-5-15)17(3)22-21(24)19-9-6-16(2)20(14-19)28(25,26)23-10-12-27-13-11-23/h4-9,14,17H,10-13H2,1-3H3,(H,22,24)/t17-/m1/s1. The van der Waals surface area contributed by atoms with E-state index in [1.807, 2.05) is 38.1 Å². The number of morpholine rings is 1. The third-order valence-corrected chi connectivity index (χ3v) is 7.00. The Morgan fingerprint density at radius 3 is 2.36 bits per heavy atom. The Kier molecular flexibility index (Phi) is 6.17. The van der Waals surface area contributed by atoms with Gasteiger partial charge in [0.2, 0.25) is 10.0 Å². The van der Waals surface area contributed by atoms with Gasteiger partial charge in [-0.3, -0.25) is 4.79 Å². The van der Waals surface area contributed by atoms with Crippen molar-refractivity contribution in [3.63, 3.8) is 0 Å². The molecule has 0 spiro atoms. The first-order chi connectivity index (χ1) is 13.3. The first kappa shape index (κ1) is 20.5. The molecule has 3 rings (SSSR count). The fraction of sp³-hybridized carbons (Fsp3) is 0.381. The second-order valence-corrected chi connectivity index (χ2v) is 9.01. The topological polar surface area (TPSA) is 75.7 Å². The molecule has 1 amide bonds. The van der Waals surface area contributed by atoms with Gasteiger partial charge in [0, 0.05) is 18.7 Å². The number of aryl methyl sites for hydroxylation is 2. The molecule has 2 aromatic rings. The minimum atomic E-state index is -3.66. The number of benzene rings is 2. The highest BCUT2D eigenvalue weighted by molar-refractivity contribution is 7.89. The second-order valence-electron chi connectivity index (χ2n) is 7.10. The predicted molar refractivity (Wildman–Crippen MR) is 108 cm³/mol. The highest BCUT2D eigenvalue weighted by Gasteiger charge is 2.28. The van der Waals surface area contributed by atoms with E-state index in [1.54, 1.807) is 19.1 Å². The van der Waals surface area contributed by atoms with Gasteiger partial charge in [0.05, 0.1) is 24.2 Å². The lowest BCUT2D eigenvalue weighted by molar-refractivity contribution is 0.0730. The number of nitrogens with zero attached hydrogens (tertiary/aromatic N) is 1. The maximum Gasteiger partial charge on any atom is 0.251 e. The van der Waals surface area contributed by atoms with Gasteiger partial charge >= 0.3 is 0 Å². The van der Waals surface area contributed by atoms with Crippen LogP contribution in [-0.2, 0) is 14.8 Å². The third-order valence-electron chi connectivity index (χ3n) is 4.96. The molecule has 0 aliphatic carbocycles. The Morgan fingerprint density at radius 1 is 1.07 bits per heavy atom. The number of rotatable bonds is 5. The minimum absolute atomic E-state index is 0.171. The summed E-state index contributed by atoms with van der Waals surface area (Å²) in [6, 6.07) is 12.6. The van der Waals surface area contributed by atoms with Crippen molar-refractivity contribution in [2.45, 2.75) is 31.7 Å². The van der Waals surface area contributed by atoms with E-state index < -0.39 is 10.0 Å². The Bertz CT molecular complexity index is 949. The summed E-state index contributed by atoms with van der Waals surface area (Å²) < 4.78 is 32.7. The molecular weight excluding hydrogens is 376 g/mol. The minimum Gasteiger partial charge on any atom is -0.379 e. The summed E-state index contributed by atoms with van der Waals surface area (Å²) >= 11 is 0. The number of hydrogen-bond donors (Lipinski definition) is 1. The number of ether oxygens (including phenoxy) is 1. The summed E-state index contributed by atoms with van der Waals surface area (Å²) in [7, 11) is -3.66. The molecule has 0 aromatic heterocycles. The fourth-order valence-electron chi connectivity index (χ4n) is 3.16. The fourth-order valence-corrected chi connectivity index (χ4v) is 4.82. The van der Waals surface area contributed by atoms with Gasteiger partial charge in [-0.05, 0) is 44.0 Å². The van der Waals surface area contributed by atoms with Gasteiger partial charge in [0.25, 0.3) is 5.91 Å². The van der Waals surface area contributed by atoms with Gasteiger partial charge in [0.1, 0.15) is 0 Å². The molecule has 1 heterocycles. The highest BCUT2D eigenvalue weighted by Crippen LogP contribution is 2.23. The van der Waals surface area contributed by atoms with E-state index in [2.05, 4.69) is 5.32 Å². The maximum absolute atomic E-state index is 13.0. The zero-order valence-electron chi connectivity index (χ0n) is 16.4. The van der Waals surface area contributed by atoms with Gasteiger partial charge < -0.3 is 10.1 Å². The molecule has 0 radical (unpaired) electrons. The van der Waals surface area contributed by atoms with Crippen LogP contribution in [0.25, 0.3) is 0 Å². The number of hydrogen-bond acceptors (Lipinski definition) is 4. The smallest absolute Gasteiger partial charge is 0.251 e. The summed E-state index contributed by atoms with van der Waals surface area (Å²) in [6.07, 6.45) is 0. The Balaban J connectivity index is 1.82. The van der Waals surface area contributed by atoms with E-state index in [9.17, 15) is 13.2 Å². The van der Waals surface area contributed by atoms with Crippen LogP contribution in [-0.4, -0.2) is 44.9 Å². The van der Waals surface area contributed by atoms with Gasteiger partial charge in [-0.15, -0.1) is 0 Å². The molecule has 6 nitrogen and oxygen atoms in total. The van der Waals surface area contributed by atoms with E-state index in [4.69, 9.17) is 4.74 Å². The molecule has 0 saturated carbocycles. The van der Waals surface area contributed by atoms with Crippen molar-refractivity contribution in [1.29, 1.82) is 0 Å². The SMILES string of the molecule is Cc1ccc([C@@H](C)NC(=O)c2ccc(C)c(S(=O)(=O)N3CCOCC3)c2)cc1. The second kappa shape index (κ2) is 8.43. The molecule has 150 valence electrons. The zero-order chi connectivity index (χ0) is 20.3. The average Bonchev–Trinajstić information content (AvgIpc) is 2.69. The van der Waals surface area contributed by atoms with Crippen molar-refractivity contribution < 1.29 is 17.9 Å². The van der Waals surface area contributed by atoms with Crippen LogP contribution < -0.4 is 5.32 Å². The van der Waals surface area contributed by atoms with Crippen molar-refractivity contribution >= 4 is 15.9 Å². The van der Waals surface area contributed by atoms with Crippen LogP contribution in [0.2, 0.25) is 0 Å². The van der Waals surface area contributed by atoms with E-state index >= 15 is 0 Å².